The van der Waals surface area contributed by atoms with Gasteiger partial charge in [-0.05, 0) is 31.6 Å². The van der Waals surface area contributed by atoms with E-state index in [4.69, 9.17) is 0 Å². The van der Waals surface area contributed by atoms with E-state index in [2.05, 4.69) is 42.6 Å². The van der Waals surface area contributed by atoms with Crippen molar-refractivity contribution in [1.29, 1.82) is 0 Å². The number of rotatable bonds is 1. The van der Waals surface area contributed by atoms with E-state index >= 15 is 0 Å². The van der Waals surface area contributed by atoms with E-state index in [1.807, 2.05) is 6.20 Å². The number of hydrogen-bond donors (Lipinski definition) is 0. The molecule has 1 aromatic heterocycles. The van der Waals surface area contributed by atoms with Gasteiger partial charge in [-0.15, -0.1) is 0 Å². The normalized spacial score (nSPS) is 17.1. The van der Waals surface area contributed by atoms with Gasteiger partial charge >= 0.3 is 0 Å². The van der Waals surface area contributed by atoms with Gasteiger partial charge in [0.1, 0.15) is 5.69 Å². The van der Waals surface area contributed by atoms with Crippen molar-refractivity contribution in [3.63, 3.8) is 0 Å². The Morgan fingerprint density at radius 1 is 1.33 bits per heavy atom. The lowest BCUT2D eigenvalue weighted by Crippen LogP contribution is -1.96. The summed E-state index contributed by atoms with van der Waals surface area (Å²) in [7, 11) is 0. The van der Waals surface area contributed by atoms with Gasteiger partial charge in [-0.3, -0.25) is 4.98 Å². The predicted octanol–water partition coefficient (Wildman–Crippen LogP) is 2.75. The molecule has 0 spiro atoms. The molecule has 0 saturated heterocycles. The fourth-order valence-electron chi connectivity index (χ4n) is 1.25. The highest BCUT2D eigenvalue weighted by molar-refractivity contribution is 5.30. The highest BCUT2D eigenvalue weighted by atomic mass is 14.8. The van der Waals surface area contributed by atoms with Crippen molar-refractivity contribution >= 4 is 0 Å². The van der Waals surface area contributed by atoms with Crippen LogP contribution in [0.1, 0.15) is 50.9 Å². The first-order chi connectivity index (χ1) is 7.09. The van der Waals surface area contributed by atoms with Crippen LogP contribution in [0.5, 0.6) is 0 Å². The third-order valence-electron chi connectivity index (χ3n) is 2.74. The van der Waals surface area contributed by atoms with Gasteiger partial charge < -0.3 is 0 Å². The average Bonchev–Trinajstić information content (AvgIpc) is 2.95. The average molecular weight is 200 g/mol. The zero-order valence-corrected chi connectivity index (χ0v) is 9.54. The maximum absolute atomic E-state index is 4.47. The van der Waals surface area contributed by atoms with Gasteiger partial charge in [0.15, 0.2) is 0 Å². The second-order valence-corrected chi connectivity index (χ2v) is 4.79. The van der Waals surface area contributed by atoms with Crippen LogP contribution in [-0.4, -0.2) is 9.97 Å². The molecule has 0 aromatic carbocycles. The standard InChI is InChI=1S/C13H16N2/c1-10(2)12-9-14-8-11(15-12)4-5-13(3)6-7-13/h8-10H,6-7H2,1-3H3. The van der Waals surface area contributed by atoms with Crippen molar-refractivity contribution in [2.75, 3.05) is 0 Å². The van der Waals surface area contributed by atoms with Crippen LogP contribution in [0.2, 0.25) is 0 Å². The van der Waals surface area contributed by atoms with E-state index < -0.39 is 0 Å². The molecule has 2 nitrogen and oxygen atoms in total. The second kappa shape index (κ2) is 3.66. The van der Waals surface area contributed by atoms with Gasteiger partial charge in [-0.2, -0.15) is 0 Å². The van der Waals surface area contributed by atoms with Crippen molar-refractivity contribution in [3.05, 3.63) is 23.8 Å². The molecule has 0 atom stereocenters. The summed E-state index contributed by atoms with van der Waals surface area (Å²) >= 11 is 0. The molecule has 0 aliphatic heterocycles. The Bertz CT molecular complexity index is 420. The van der Waals surface area contributed by atoms with Gasteiger partial charge in [0.05, 0.1) is 11.9 Å². The quantitative estimate of drug-likeness (QED) is 0.651. The number of hydrogen-bond acceptors (Lipinski definition) is 2. The van der Waals surface area contributed by atoms with E-state index in [-0.39, 0.29) is 5.41 Å². The summed E-state index contributed by atoms with van der Waals surface area (Å²) in [4.78, 5) is 8.63. The van der Waals surface area contributed by atoms with Crippen molar-refractivity contribution < 1.29 is 0 Å². The van der Waals surface area contributed by atoms with Crippen LogP contribution in [0.25, 0.3) is 0 Å². The van der Waals surface area contributed by atoms with Crippen molar-refractivity contribution in [2.24, 2.45) is 5.41 Å². The molecule has 1 fully saturated rings. The van der Waals surface area contributed by atoms with Crippen LogP contribution in [0.4, 0.5) is 0 Å². The molecule has 1 aromatic rings. The van der Waals surface area contributed by atoms with Crippen LogP contribution < -0.4 is 0 Å². The largest absolute Gasteiger partial charge is 0.260 e. The Labute approximate surface area is 91.1 Å². The molecule has 1 heterocycles. The van der Waals surface area contributed by atoms with Crippen molar-refractivity contribution in [3.8, 4) is 11.8 Å². The van der Waals surface area contributed by atoms with Crippen LogP contribution in [0.15, 0.2) is 12.4 Å². The fraction of sp³-hybridized carbons (Fsp3) is 0.538. The molecular formula is C13H16N2. The maximum atomic E-state index is 4.47. The molecule has 2 heteroatoms. The Morgan fingerprint density at radius 3 is 2.67 bits per heavy atom. The summed E-state index contributed by atoms with van der Waals surface area (Å²) in [5, 5.41) is 0. The summed E-state index contributed by atoms with van der Waals surface area (Å²) in [6, 6.07) is 0. The first-order valence-corrected chi connectivity index (χ1v) is 5.44. The molecular weight excluding hydrogens is 184 g/mol. The zero-order valence-electron chi connectivity index (χ0n) is 9.54. The zero-order chi connectivity index (χ0) is 10.9. The van der Waals surface area contributed by atoms with Gasteiger partial charge in [0, 0.05) is 11.6 Å². The highest BCUT2D eigenvalue weighted by Crippen LogP contribution is 2.44. The minimum Gasteiger partial charge on any atom is -0.260 e. The van der Waals surface area contributed by atoms with E-state index in [0.29, 0.717) is 5.92 Å². The fourth-order valence-corrected chi connectivity index (χ4v) is 1.25. The summed E-state index contributed by atoms with van der Waals surface area (Å²) < 4.78 is 0. The Hall–Kier alpha value is -1.36. The maximum Gasteiger partial charge on any atom is 0.131 e. The summed E-state index contributed by atoms with van der Waals surface area (Å²) in [6.07, 6.45) is 5.99. The first kappa shape index (κ1) is 10.2. The van der Waals surface area contributed by atoms with Crippen LogP contribution in [-0.2, 0) is 0 Å². The van der Waals surface area contributed by atoms with E-state index in [1.165, 1.54) is 12.8 Å². The molecule has 0 bridgehead atoms. The molecule has 0 amide bonds. The Balaban J connectivity index is 2.20. The lowest BCUT2D eigenvalue weighted by Gasteiger charge is -2.02. The molecule has 78 valence electrons. The van der Waals surface area contributed by atoms with Gasteiger partial charge in [-0.1, -0.05) is 19.8 Å². The molecule has 0 radical (unpaired) electrons. The third kappa shape index (κ3) is 2.56. The molecule has 1 aliphatic rings. The van der Waals surface area contributed by atoms with Crippen LogP contribution in [0.3, 0.4) is 0 Å². The topological polar surface area (TPSA) is 25.8 Å². The van der Waals surface area contributed by atoms with Crippen LogP contribution >= 0.6 is 0 Å². The minimum atomic E-state index is 0.259. The molecule has 1 saturated carbocycles. The molecule has 2 rings (SSSR count). The summed E-state index contributed by atoms with van der Waals surface area (Å²) in [5.74, 6) is 6.79. The van der Waals surface area contributed by atoms with Gasteiger partial charge in [0.2, 0.25) is 0 Å². The number of aromatic nitrogens is 2. The monoisotopic (exact) mass is 200 g/mol. The SMILES string of the molecule is CC(C)c1cncc(C#CC2(C)CC2)n1. The summed E-state index contributed by atoms with van der Waals surface area (Å²) in [6.45, 7) is 6.42. The van der Waals surface area contributed by atoms with Crippen molar-refractivity contribution in [1.82, 2.24) is 9.97 Å². The minimum absolute atomic E-state index is 0.259. The molecule has 0 unspecified atom stereocenters. The van der Waals surface area contributed by atoms with Crippen LogP contribution in [0, 0.1) is 17.3 Å². The Kier molecular flexibility index (Phi) is 2.48. The van der Waals surface area contributed by atoms with Gasteiger partial charge in [-0.25, -0.2) is 4.98 Å². The second-order valence-electron chi connectivity index (χ2n) is 4.79. The van der Waals surface area contributed by atoms with E-state index in [0.717, 1.165) is 11.4 Å². The summed E-state index contributed by atoms with van der Waals surface area (Å²) in [5.41, 5.74) is 2.08. The Morgan fingerprint density at radius 2 is 2.07 bits per heavy atom. The lowest BCUT2D eigenvalue weighted by molar-refractivity contribution is 0.781. The smallest absolute Gasteiger partial charge is 0.131 e. The van der Waals surface area contributed by atoms with Crippen molar-refractivity contribution in [2.45, 2.75) is 39.5 Å². The molecule has 0 N–H and O–H groups in total. The van der Waals surface area contributed by atoms with E-state index in [1.54, 1.807) is 6.20 Å². The van der Waals surface area contributed by atoms with Gasteiger partial charge in [0.25, 0.3) is 0 Å². The number of nitrogens with zero attached hydrogens (tertiary/aromatic N) is 2. The first-order valence-electron chi connectivity index (χ1n) is 5.44. The molecule has 1 aliphatic carbocycles. The van der Waals surface area contributed by atoms with E-state index in [9.17, 15) is 0 Å². The lowest BCUT2D eigenvalue weighted by atomic mass is 10.1. The molecule has 15 heavy (non-hydrogen) atoms. The highest BCUT2D eigenvalue weighted by Gasteiger charge is 2.35. The predicted molar refractivity (Wildman–Crippen MR) is 60.3 cm³/mol. The third-order valence-corrected chi connectivity index (χ3v) is 2.74.